The van der Waals surface area contributed by atoms with Crippen molar-refractivity contribution in [2.45, 2.75) is 40.2 Å². The number of hydrogen-bond donors (Lipinski definition) is 1. The molecule has 2 unspecified atom stereocenters. The summed E-state index contributed by atoms with van der Waals surface area (Å²) in [5.74, 6) is 1.41. The molecule has 0 aliphatic rings. The third kappa shape index (κ3) is 4.65. The Kier molecular flexibility index (Phi) is 5.60. The fraction of sp³-hybridized carbons (Fsp3) is 0.600. The smallest absolute Gasteiger partial charge is 0.131 e. The van der Waals surface area contributed by atoms with Gasteiger partial charge in [0, 0.05) is 17.7 Å². The summed E-state index contributed by atoms with van der Waals surface area (Å²) in [6.07, 6.45) is 1.11. The van der Waals surface area contributed by atoms with Crippen molar-refractivity contribution in [3.63, 3.8) is 0 Å². The molecular weight excluding hydrogens is 229 g/mol. The lowest BCUT2D eigenvalue weighted by Crippen LogP contribution is -2.12. The van der Waals surface area contributed by atoms with E-state index in [4.69, 9.17) is 10.5 Å². The lowest BCUT2D eigenvalue weighted by atomic mass is 10.00. The molecule has 0 aliphatic carbocycles. The summed E-state index contributed by atoms with van der Waals surface area (Å²) in [5, 5.41) is 0. The Morgan fingerprint density at radius 3 is 2.39 bits per heavy atom. The molecule has 102 valence electrons. The molecule has 0 saturated heterocycles. The van der Waals surface area contributed by atoms with Crippen molar-refractivity contribution in [3.8, 4) is 5.75 Å². The van der Waals surface area contributed by atoms with Crippen LogP contribution in [0.15, 0.2) is 18.2 Å². The third-order valence-electron chi connectivity index (χ3n) is 2.87. The number of nitrogens with two attached hydrogens (primary N) is 1. The van der Waals surface area contributed by atoms with Crippen LogP contribution in [-0.2, 0) is 0 Å². The molecule has 0 amide bonds. The van der Waals surface area contributed by atoms with Crippen molar-refractivity contribution < 1.29 is 9.13 Å². The zero-order valence-electron chi connectivity index (χ0n) is 11.7. The number of benzene rings is 1. The van der Waals surface area contributed by atoms with Crippen molar-refractivity contribution in [2.75, 3.05) is 6.61 Å². The van der Waals surface area contributed by atoms with Gasteiger partial charge in [0.15, 0.2) is 0 Å². The molecule has 3 heteroatoms. The second-order valence-corrected chi connectivity index (χ2v) is 5.52. The Hall–Kier alpha value is -1.09. The molecule has 0 aromatic heterocycles. The van der Waals surface area contributed by atoms with Gasteiger partial charge in [-0.3, -0.25) is 0 Å². The average Bonchev–Trinajstić information content (AvgIpc) is 2.25. The van der Waals surface area contributed by atoms with E-state index in [2.05, 4.69) is 20.8 Å². The fourth-order valence-corrected chi connectivity index (χ4v) is 2.08. The minimum absolute atomic E-state index is 0.293. The summed E-state index contributed by atoms with van der Waals surface area (Å²) in [7, 11) is 0. The molecule has 0 saturated carbocycles. The van der Waals surface area contributed by atoms with E-state index in [-0.39, 0.29) is 11.9 Å². The van der Waals surface area contributed by atoms with E-state index in [1.807, 2.05) is 0 Å². The Balaban J connectivity index is 2.56. The summed E-state index contributed by atoms with van der Waals surface area (Å²) >= 11 is 0. The van der Waals surface area contributed by atoms with E-state index in [1.165, 1.54) is 6.07 Å². The zero-order valence-corrected chi connectivity index (χ0v) is 11.7. The van der Waals surface area contributed by atoms with Gasteiger partial charge in [-0.1, -0.05) is 26.8 Å². The normalized spacial score (nSPS) is 14.6. The summed E-state index contributed by atoms with van der Waals surface area (Å²) in [4.78, 5) is 0. The Morgan fingerprint density at radius 2 is 1.89 bits per heavy atom. The molecule has 0 bridgehead atoms. The highest BCUT2D eigenvalue weighted by atomic mass is 19.1. The van der Waals surface area contributed by atoms with Gasteiger partial charge < -0.3 is 10.5 Å². The predicted molar refractivity (Wildman–Crippen MR) is 73.1 cm³/mol. The largest absolute Gasteiger partial charge is 0.493 e. The minimum atomic E-state index is -0.293. The van der Waals surface area contributed by atoms with Gasteiger partial charge in [0.05, 0.1) is 6.61 Å². The Morgan fingerprint density at radius 1 is 1.22 bits per heavy atom. The quantitative estimate of drug-likeness (QED) is 0.834. The molecule has 18 heavy (non-hydrogen) atoms. The number of hydrogen-bond acceptors (Lipinski definition) is 2. The fourth-order valence-electron chi connectivity index (χ4n) is 2.08. The minimum Gasteiger partial charge on any atom is -0.493 e. The van der Waals surface area contributed by atoms with Crippen LogP contribution >= 0.6 is 0 Å². The topological polar surface area (TPSA) is 35.2 Å². The predicted octanol–water partition coefficient (Wildman–Crippen LogP) is 3.91. The highest BCUT2D eigenvalue weighted by Crippen LogP contribution is 2.21. The summed E-state index contributed by atoms with van der Waals surface area (Å²) in [6.45, 7) is 8.91. The molecule has 0 spiro atoms. The van der Waals surface area contributed by atoms with Crippen LogP contribution in [-0.4, -0.2) is 6.61 Å². The first-order valence-corrected chi connectivity index (χ1v) is 6.58. The number of halogens is 1. The van der Waals surface area contributed by atoms with Crippen LogP contribution in [0.2, 0.25) is 0 Å². The molecule has 2 nitrogen and oxygen atoms in total. The third-order valence-corrected chi connectivity index (χ3v) is 2.87. The Bertz CT molecular complexity index is 377. The van der Waals surface area contributed by atoms with Gasteiger partial charge in [-0.05, 0) is 31.2 Å². The van der Waals surface area contributed by atoms with E-state index in [9.17, 15) is 4.39 Å². The summed E-state index contributed by atoms with van der Waals surface area (Å²) in [5.41, 5.74) is 6.19. The van der Waals surface area contributed by atoms with Crippen molar-refractivity contribution in [1.29, 1.82) is 0 Å². The SMILES string of the molecule is CC(C)CC(C)COc1ccc(C(C)N)c(F)c1. The standard InChI is InChI=1S/C15H24FNO/c1-10(2)7-11(3)9-18-13-5-6-14(12(4)17)15(16)8-13/h5-6,8,10-12H,7,9,17H2,1-4H3. The molecule has 2 atom stereocenters. The molecule has 2 N–H and O–H groups in total. The molecule has 0 aliphatic heterocycles. The van der Waals surface area contributed by atoms with Gasteiger partial charge in [0.2, 0.25) is 0 Å². The number of ether oxygens (including phenoxy) is 1. The van der Waals surface area contributed by atoms with Crippen LogP contribution in [0.3, 0.4) is 0 Å². The maximum Gasteiger partial charge on any atom is 0.131 e. The van der Waals surface area contributed by atoms with Crippen molar-refractivity contribution in [2.24, 2.45) is 17.6 Å². The maximum absolute atomic E-state index is 13.7. The van der Waals surface area contributed by atoms with Gasteiger partial charge in [-0.25, -0.2) is 4.39 Å². The van der Waals surface area contributed by atoms with Gasteiger partial charge in [0.1, 0.15) is 11.6 Å². The van der Waals surface area contributed by atoms with E-state index >= 15 is 0 Å². The highest BCUT2D eigenvalue weighted by molar-refractivity contribution is 5.30. The second-order valence-electron chi connectivity index (χ2n) is 5.52. The van der Waals surface area contributed by atoms with Crippen LogP contribution < -0.4 is 10.5 Å². The van der Waals surface area contributed by atoms with Crippen molar-refractivity contribution >= 4 is 0 Å². The van der Waals surface area contributed by atoms with Gasteiger partial charge in [-0.2, -0.15) is 0 Å². The molecule has 0 heterocycles. The molecule has 1 aromatic rings. The first-order chi connectivity index (χ1) is 8.40. The Labute approximate surface area is 109 Å². The molecule has 0 radical (unpaired) electrons. The van der Waals surface area contributed by atoms with Crippen LogP contribution in [0, 0.1) is 17.7 Å². The van der Waals surface area contributed by atoms with E-state index in [1.54, 1.807) is 19.1 Å². The van der Waals surface area contributed by atoms with Crippen molar-refractivity contribution in [3.05, 3.63) is 29.6 Å². The lowest BCUT2D eigenvalue weighted by molar-refractivity contribution is 0.238. The van der Waals surface area contributed by atoms with E-state index < -0.39 is 0 Å². The molecule has 1 rings (SSSR count). The monoisotopic (exact) mass is 253 g/mol. The van der Waals surface area contributed by atoms with Crippen LogP contribution in [0.5, 0.6) is 5.75 Å². The highest BCUT2D eigenvalue weighted by Gasteiger charge is 2.10. The van der Waals surface area contributed by atoms with E-state index in [0.29, 0.717) is 29.8 Å². The summed E-state index contributed by atoms with van der Waals surface area (Å²) < 4.78 is 19.3. The van der Waals surface area contributed by atoms with Gasteiger partial charge >= 0.3 is 0 Å². The molecular formula is C15H24FNO. The summed E-state index contributed by atoms with van der Waals surface area (Å²) in [6, 6.07) is 4.60. The van der Waals surface area contributed by atoms with Crippen molar-refractivity contribution in [1.82, 2.24) is 0 Å². The molecule has 1 aromatic carbocycles. The van der Waals surface area contributed by atoms with E-state index in [0.717, 1.165) is 6.42 Å². The van der Waals surface area contributed by atoms with Crippen LogP contribution in [0.25, 0.3) is 0 Å². The lowest BCUT2D eigenvalue weighted by Gasteiger charge is -2.16. The number of rotatable bonds is 6. The second kappa shape index (κ2) is 6.74. The van der Waals surface area contributed by atoms with Crippen LogP contribution in [0.4, 0.5) is 4.39 Å². The zero-order chi connectivity index (χ0) is 13.7. The molecule has 0 fully saturated rings. The first kappa shape index (κ1) is 15.0. The maximum atomic E-state index is 13.7. The van der Waals surface area contributed by atoms with Gasteiger partial charge in [0.25, 0.3) is 0 Å². The van der Waals surface area contributed by atoms with Gasteiger partial charge in [-0.15, -0.1) is 0 Å². The van der Waals surface area contributed by atoms with Crippen LogP contribution in [0.1, 0.15) is 45.7 Å². The average molecular weight is 253 g/mol. The first-order valence-electron chi connectivity index (χ1n) is 6.58.